The highest BCUT2D eigenvalue weighted by molar-refractivity contribution is 9.15. The van der Waals surface area contributed by atoms with Crippen LogP contribution in [0.3, 0.4) is 0 Å². The van der Waals surface area contributed by atoms with Gasteiger partial charge >= 0.3 is 15.6 Å². The highest BCUT2D eigenvalue weighted by atomic mass is 79.9. The van der Waals surface area contributed by atoms with E-state index in [0.717, 1.165) is 8.95 Å². The summed E-state index contributed by atoms with van der Waals surface area (Å²) in [6.07, 6.45) is 0. The molecule has 0 amide bonds. The Bertz CT molecular complexity index is 1170. The fraction of sp³-hybridized carbons (Fsp3) is 0.294. The topological polar surface area (TPSA) is 89.5 Å². The van der Waals surface area contributed by atoms with Crippen molar-refractivity contribution in [2.75, 3.05) is 26.4 Å². The van der Waals surface area contributed by atoms with Crippen molar-refractivity contribution in [2.24, 2.45) is 5.41 Å². The van der Waals surface area contributed by atoms with Crippen LogP contribution in [0.15, 0.2) is 47.9 Å². The molecule has 1 spiro atoms. The maximum atomic E-state index is 13.1. The highest BCUT2D eigenvalue weighted by Gasteiger charge is 2.51. The van der Waals surface area contributed by atoms with Gasteiger partial charge in [-0.05, 0) is 140 Å². The van der Waals surface area contributed by atoms with Crippen molar-refractivity contribution in [3.63, 3.8) is 0 Å². The number of hydrogen-bond donors (Lipinski definition) is 0. The van der Waals surface area contributed by atoms with E-state index in [-0.39, 0.29) is 37.9 Å². The van der Waals surface area contributed by atoms with Crippen LogP contribution in [0, 0.1) is 5.41 Å². The van der Waals surface area contributed by atoms with Crippen molar-refractivity contribution in [1.29, 1.82) is 0 Å². The van der Waals surface area contributed by atoms with Gasteiger partial charge in [0.25, 0.3) is 0 Å². The Labute approximate surface area is 267 Å². The average Bonchev–Trinajstić information content (AvgIpc) is 2.81. The second-order valence-corrected chi connectivity index (χ2v) is 17.0. The van der Waals surface area contributed by atoms with Crippen molar-refractivity contribution in [2.45, 2.75) is 0 Å². The number of phosphoric ester groups is 2. The summed E-state index contributed by atoms with van der Waals surface area (Å²) >= 11 is 27.2. The molecule has 2 aromatic carbocycles. The fourth-order valence-corrected chi connectivity index (χ4v) is 11.4. The lowest BCUT2D eigenvalue weighted by Crippen LogP contribution is -2.46. The van der Waals surface area contributed by atoms with E-state index >= 15 is 0 Å². The molecule has 0 atom stereocenters. The average molecular weight is 1040 g/mol. The molecule has 2 heterocycles. The Morgan fingerprint density at radius 3 is 1.20 bits per heavy atom. The molecule has 2 aliphatic heterocycles. The van der Waals surface area contributed by atoms with E-state index in [1.165, 1.54) is 0 Å². The lowest BCUT2D eigenvalue weighted by molar-refractivity contribution is -0.0854. The van der Waals surface area contributed by atoms with Crippen molar-refractivity contribution in [1.82, 2.24) is 0 Å². The van der Waals surface area contributed by atoms with Gasteiger partial charge in [-0.1, -0.05) is 0 Å². The van der Waals surface area contributed by atoms with Crippen LogP contribution in [-0.2, 0) is 27.2 Å². The molecule has 8 nitrogen and oxygen atoms in total. The number of rotatable bonds is 4. The minimum atomic E-state index is -3.96. The van der Waals surface area contributed by atoms with Gasteiger partial charge in [0.2, 0.25) is 0 Å². The predicted molar refractivity (Wildman–Crippen MR) is 157 cm³/mol. The SMILES string of the molecule is O=P1(Oc2c(Br)cc(Br)c(Br)c2Br)OCC2(CO1)COP(=O)(Oc1c(Br)cc(Br)c(Br)c1Br)OC2. The number of phosphoric acid groups is 2. The zero-order chi connectivity index (χ0) is 25.8. The summed E-state index contributed by atoms with van der Waals surface area (Å²) in [4.78, 5) is 0. The van der Waals surface area contributed by atoms with E-state index in [1.54, 1.807) is 12.1 Å². The Kier molecular flexibility index (Phi) is 9.98. The molecule has 18 heteroatoms. The first-order chi connectivity index (χ1) is 16.3. The monoisotopic (exact) mass is 1040 g/mol. The van der Waals surface area contributed by atoms with Crippen molar-refractivity contribution >= 4 is 143 Å². The summed E-state index contributed by atoms with van der Waals surface area (Å²) in [6, 6.07) is 3.45. The molecule has 0 unspecified atom stereocenters. The van der Waals surface area contributed by atoms with Gasteiger partial charge in [0, 0.05) is 17.9 Å². The van der Waals surface area contributed by atoms with Crippen LogP contribution < -0.4 is 9.05 Å². The van der Waals surface area contributed by atoms with Crippen LogP contribution >= 0.6 is 143 Å². The van der Waals surface area contributed by atoms with Gasteiger partial charge < -0.3 is 9.05 Å². The normalized spacial score (nSPS) is 28.8. The molecule has 0 saturated carbocycles. The molecule has 2 saturated heterocycles. The first kappa shape index (κ1) is 30.1. The van der Waals surface area contributed by atoms with Crippen molar-refractivity contribution in [3.05, 3.63) is 47.9 Å². The molecule has 0 aliphatic carbocycles. The van der Waals surface area contributed by atoms with Gasteiger partial charge in [0.05, 0.1) is 49.7 Å². The van der Waals surface area contributed by atoms with Gasteiger partial charge in [-0.15, -0.1) is 0 Å². The van der Waals surface area contributed by atoms with Crippen LogP contribution in [0.1, 0.15) is 0 Å². The van der Waals surface area contributed by atoms with E-state index in [1.807, 2.05) is 0 Å². The molecular weight excluding hydrogens is 1030 g/mol. The maximum absolute atomic E-state index is 13.1. The second kappa shape index (κ2) is 11.6. The zero-order valence-electron chi connectivity index (χ0n) is 16.7. The third-order valence-corrected chi connectivity index (χ3v) is 15.0. The smallest absolute Gasteiger partial charge is 0.402 e. The summed E-state index contributed by atoms with van der Waals surface area (Å²) in [7, 11) is -7.91. The van der Waals surface area contributed by atoms with Crippen LogP contribution in [0.4, 0.5) is 0 Å². The molecule has 35 heavy (non-hydrogen) atoms. The quantitative estimate of drug-likeness (QED) is 0.170. The van der Waals surface area contributed by atoms with Gasteiger partial charge in [-0.2, -0.15) is 0 Å². The Hall–Kier alpha value is 2.18. The van der Waals surface area contributed by atoms with E-state index in [4.69, 9.17) is 27.1 Å². The standard InChI is InChI=1S/C17H10Br8O8P2/c18-7-1-9(20)15(13(24)11(7)22)32-34(26)28-3-17(4-29-34)5-30-35(27,31-6-17)33-16-10(21)2-8(19)12(23)14(16)25/h1-2H,3-6H2. The molecule has 192 valence electrons. The fourth-order valence-electron chi connectivity index (χ4n) is 2.78. The second-order valence-electron chi connectivity index (χ2n) is 7.27. The predicted octanol–water partition coefficient (Wildman–Crippen LogP) is 10.5. The molecule has 0 N–H and O–H groups in total. The minimum Gasteiger partial charge on any atom is -0.402 e. The molecule has 4 rings (SSSR count). The molecule has 2 aliphatic rings. The lowest BCUT2D eigenvalue weighted by atomic mass is 9.93. The van der Waals surface area contributed by atoms with Gasteiger partial charge in [-0.25, -0.2) is 9.13 Å². The summed E-state index contributed by atoms with van der Waals surface area (Å²) in [5.41, 5.74) is -0.849. The Balaban J connectivity index is 1.42. The largest absolute Gasteiger partial charge is 0.530 e. The van der Waals surface area contributed by atoms with E-state index in [9.17, 15) is 9.13 Å². The number of benzene rings is 2. The third-order valence-electron chi connectivity index (χ3n) is 4.67. The first-order valence-electron chi connectivity index (χ1n) is 9.10. The van der Waals surface area contributed by atoms with Gasteiger partial charge in [0.1, 0.15) is 0 Å². The van der Waals surface area contributed by atoms with Crippen molar-refractivity contribution < 1.29 is 36.3 Å². The summed E-state index contributed by atoms with van der Waals surface area (Å²) < 4.78 is 64.5. The summed E-state index contributed by atoms with van der Waals surface area (Å²) in [6.45, 7) is -0.300. The van der Waals surface area contributed by atoms with E-state index in [2.05, 4.69) is 127 Å². The molecule has 0 radical (unpaired) electrons. The highest BCUT2D eigenvalue weighted by Crippen LogP contribution is 2.62. The molecule has 0 aromatic heterocycles. The third kappa shape index (κ3) is 6.57. The molecule has 0 bridgehead atoms. The summed E-state index contributed by atoms with van der Waals surface area (Å²) in [5.74, 6) is 0.482. The molecular formula is C17H10Br8O8P2. The minimum absolute atomic E-state index is 0.0750. The Morgan fingerprint density at radius 1 is 0.571 bits per heavy atom. The van der Waals surface area contributed by atoms with Crippen LogP contribution in [0.5, 0.6) is 11.5 Å². The van der Waals surface area contributed by atoms with Crippen molar-refractivity contribution in [3.8, 4) is 11.5 Å². The van der Waals surface area contributed by atoms with Gasteiger partial charge in [-0.3, -0.25) is 18.1 Å². The zero-order valence-corrected chi connectivity index (χ0v) is 31.1. The van der Waals surface area contributed by atoms with Crippen LogP contribution in [0.2, 0.25) is 0 Å². The van der Waals surface area contributed by atoms with E-state index in [0.29, 0.717) is 26.8 Å². The van der Waals surface area contributed by atoms with Crippen LogP contribution in [0.25, 0.3) is 0 Å². The first-order valence-corrected chi connectivity index (χ1v) is 18.4. The number of halogens is 8. The lowest BCUT2D eigenvalue weighted by Gasteiger charge is -2.41. The molecule has 2 aromatic rings. The maximum Gasteiger partial charge on any atom is 0.530 e. The molecule has 2 fully saturated rings. The van der Waals surface area contributed by atoms with Crippen LogP contribution in [-0.4, -0.2) is 26.4 Å². The van der Waals surface area contributed by atoms with E-state index < -0.39 is 21.1 Å². The van der Waals surface area contributed by atoms with Gasteiger partial charge in [0.15, 0.2) is 11.5 Å². The number of hydrogen-bond acceptors (Lipinski definition) is 8. The summed E-state index contributed by atoms with van der Waals surface area (Å²) in [5, 5.41) is 0. The Morgan fingerprint density at radius 2 is 0.886 bits per heavy atom.